The van der Waals surface area contributed by atoms with Crippen molar-refractivity contribution in [2.45, 2.75) is 39.5 Å². The van der Waals surface area contributed by atoms with Crippen molar-refractivity contribution in [2.24, 2.45) is 5.92 Å². The molecule has 0 saturated carbocycles. The normalized spacial score (nSPS) is 16.6. The number of carbonyl (C=O) groups excluding carboxylic acids is 3. The van der Waals surface area contributed by atoms with Gasteiger partial charge in [0.2, 0.25) is 5.91 Å². The third-order valence-electron chi connectivity index (χ3n) is 4.02. The first kappa shape index (κ1) is 16.2. The topological polar surface area (TPSA) is 72.5 Å². The molecule has 5 heteroatoms. The van der Waals surface area contributed by atoms with Gasteiger partial charge in [0.25, 0.3) is 0 Å². The number of anilines is 1. The molecule has 22 heavy (non-hydrogen) atoms. The van der Waals surface area contributed by atoms with Crippen LogP contribution in [0.5, 0.6) is 0 Å². The van der Waals surface area contributed by atoms with E-state index < -0.39 is 11.3 Å². The molecule has 0 aromatic heterocycles. The van der Waals surface area contributed by atoms with Crippen molar-refractivity contribution in [3.8, 4) is 0 Å². The zero-order chi connectivity index (χ0) is 16.5. The van der Waals surface area contributed by atoms with E-state index in [2.05, 4.69) is 5.32 Å². The lowest BCUT2D eigenvalue weighted by molar-refractivity contribution is -0.143. The van der Waals surface area contributed by atoms with Crippen LogP contribution >= 0.6 is 0 Å². The minimum absolute atomic E-state index is 0.0599. The van der Waals surface area contributed by atoms with Crippen molar-refractivity contribution < 1.29 is 19.1 Å². The van der Waals surface area contributed by atoms with Crippen LogP contribution in [0, 0.1) is 5.92 Å². The Morgan fingerprint density at radius 1 is 1.32 bits per heavy atom. The molecule has 0 bridgehead atoms. The van der Waals surface area contributed by atoms with Crippen molar-refractivity contribution in [1.82, 2.24) is 0 Å². The van der Waals surface area contributed by atoms with E-state index >= 15 is 0 Å². The van der Waals surface area contributed by atoms with Crippen molar-refractivity contribution in [3.05, 3.63) is 29.3 Å². The summed E-state index contributed by atoms with van der Waals surface area (Å²) in [6.07, 6.45) is 0.0599. The number of rotatable bonds is 5. The summed E-state index contributed by atoms with van der Waals surface area (Å²) in [4.78, 5) is 35.9. The van der Waals surface area contributed by atoms with E-state index in [4.69, 9.17) is 4.74 Å². The zero-order valence-corrected chi connectivity index (χ0v) is 13.4. The third kappa shape index (κ3) is 2.89. The predicted molar refractivity (Wildman–Crippen MR) is 82.8 cm³/mol. The molecule has 5 nitrogen and oxygen atoms in total. The molecule has 0 saturated heterocycles. The summed E-state index contributed by atoms with van der Waals surface area (Å²) < 4.78 is 4.87. The fourth-order valence-corrected chi connectivity index (χ4v) is 2.57. The van der Waals surface area contributed by atoms with E-state index in [0.29, 0.717) is 12.2 Å². The average molecular weight is 303 g/mol. The maximum atomic E-state index is 12.5. The molecule has 1 heterocycles. The van der Waals surface area contributed by atoms with Crippen LogP contribution in [-0.4, -0.2) is 24.3 Å². The van der Waals surface area contributed by atoms with Gasteiger partial charge in [-0.15, -0.1) is 0 Å². The molecule has 1 atom stereocenters. The van der Waals surface area contributed by atoms with Crippen LogP contribution in [0.3, 0.4) is 0 Å². The molecule has 1 amide bonds. The van der Waals surface area contributed by atoms with Crippen molar-refractivity contribution in [1.29, 1.82) is 0 Å². The van der Waals surface area contributed by atoms with Gasteiger partial charge in [0.1, 0.15) is 0 Å². The summed E-state index contributed by atoms with van der Waals surface area (Å²) in [5.74, 6) is -1.02. The van der Waals surface area contributed by atoms with Crippen molar-refractivity contribution in [3.63, 3.8) is 0 Å². The maximum Gasteiger partial charge on any atom is 0.306 e. The minimum Gasteiger partial charge on any atom is -0.466 e. The number of hydrogen-bond donors (Lipinski definition) is 1. The number of fused-ring (bicyclic) bond motifs is 1. The van der Waals surface area contributed by atoms with Gasteiger partial charge in [-0.05, 0) is 44.5 Å². The lowest BCUT2D eigenvalue weighted by atomic mass is 9.84. The molecule has 1 aliphatic rings. The second-order valence-corrected chi connectivity index (χ2v) is 6.11. The smallest absolute Gasteiger partial charge is 0.306 e. The number of carbonyl (C=O) groups is 3. The number of esters is 1. The van der Waals surface area contributed by atoms with Gasteiger partial charge < -0.3 is 10.1 Å². The lowest BCUT2D eigenvalue weighted by Gasteiger charge is -2.16. The van der Waals surface area contributed by atoms with E-state index in [1.807, 2.05) is 13.8 Å². The Labute approximate surface area is 130 Å². The van der Waals surface area contributed by atoms with Gasteiger partial charge in [-0.1, -0.05) is 6.92 Å². The van der Waals surface area contributed by atoms with Crippen molar-refractivity contribution in [2.75, 3.05) is 11.9 Å². The van der Waals surface area contributed by atoms with Crippen LogP contribution in [0.2, 0.25) is 0 Å². The number of nitrogens with one attached hydrogen (secondary N) is 1. The Hall–Kier alpha value is -2.17. The van der Waals surface area contributed by atoms with Crippen LogP contribution < -0.4 is 5.32 Å². The number of benzene rings is 1. The second kappa shape index (κ2) is 5.91. The Bertz CT molecular complexity index is 634. The molecule has 0 radical (unpaired) electrons. The van der Waals surface area contributed by atoms with Crippen LogP contribution in [0.15, 0.2) is 18.2 Å². The quantitative estimate of drug-likeness (QED) is 0.670. The van der Waals surface area contributed by atoms with E-state index in [0.717, 1.165) is 11.3 Å². The monoisotopic (exact) mass is 303 g/mol. The van der Waals surface area contributed by atoms with E-state index in [1.165, 1.54) is 0 Å². The molecule has 1 aliphatic heterocycles. The van der Waals surface area contributed by atoms with E-state index in [9.17, 15) is 14.4 Å². The van der Waals surface area contributed by atoms with E-state index in [-0.39, 0.29) is 24.1 Å². The number of hydrogen-bond acceptors (Lipinski definition) is 4. The van der Waals surface area contributed by atoms with Crippen LogP contribution in [0.1, 0.15) is 50.0 Å². The number of amides is 1. The zero-order valence-electron chi connectivity index (χ0n) is 13.4. The van der Waals surface area contributed by atoms with Gasteiger partial charge in [0.05, 0.1) is 18.4 Å². The summed E-state index contributed by atoms with van der Waals surface area (Å²) >= 11 is 0. The van der Waals surface area contributed by atoms with Crippen LogP contribution in [0.4, 0.5) is 5.69 Å². The highest BCUT2D eigenvalue weighted by Crippen LogP contribution is 2.38. The SMILES string of the molecule is CCOC(=O)CC(C)C(=O)c1ccc2c(c1)C(C)(C)C(=O)N2. The van der Waals surface area contributed by atoms with Gasteiger partial charge in [-0.25, -0.2) is 0 Å². The number of ketones is 1. The largest absolute Gasteiger partial charge is 0.466 e. The average Bonchev–Trinajstić information content (AvgIpc) is 2.68. The maximum absolute atomic E-state index is 12.5. The highest BCUT2D eigenvalue weighted by atomic mass is 16.5. The third-order valence-corrected chi connectivity index (χ3v) is 4.02. The Morgan fingerprint density at radius 2 is 2.00 bits per heavy atom. The molecule has 2 rings (SSSR count). The van der Waals surface area contributed by atoms with Crippen LogP contribution in [-0.2, 0) is 19.7 Å². The van der Waals surface area contributed by atoms with Gasteiger partial charge in [-0.3, -0.25) is 14.4 Å². The first-order valence-electron chi connectivity index (χ1n) is 7.43. The molecule has 0 fully saturated rings. The summed E-state index contributed by atoms with van der Waals surface area (Å²) in [5.41, 5.74) is 1.41. The second-order valence-electron chi connectivity index (χ2n) is 6.11. The summed E-state index contributed by atoms with van der Waals surface area (Å²) in [7, 11) is 0. The van der Waals surface area contributed by atoms with E-state index in [1.54, 1.807) is 32.0 Å². The molecular formula is C17H21NO4. The lowest BCUT2D eigenvalue weighted by Crippen LogP contribution is -2.27. The first-order valence-corrected chi connectivity index (χ1v) is 7.43. The number of ether oxygens (including phenoxy) is 1. The minimum atomic E-state index is -0.657. The summed E-state index contributed by atoms with van der Waals surface area (Å²) in [6.45, 7) is 7.40. The van der Waals surface area contributed by atoms with Crippen LogP contribution in [0.25, 0.3) is 0 Å². The molecule has 0 spiro atoms. The fourth-order valence-electron chi connectivity index (χ4n) is 2.57. The summed E-state index contributed by atoms with van der Waals surface area (Å²) in [6, 6.07) is 5.17. The fraction of sp³-hybridized carbons (Fsp3) is 0.471. The first-order chi connectivity index (χ1) is 10.3. The molecule has 0 aliphatic carbocycles. The molecular weight excluding hydrogens is 282 g/mol. The van der Waals surface area contributed by atoms with Gasteiger partial charge in [0.15, 0.2) is 5.78 Å². The van der Waals surface area contributed by atoms with Gasteiger partial charge in [-0.2, -0.15) is 0 Å². The Kier molecular flexibility index (Phi) is 4.35. The number of Topliss-reactive ketones (excluding diaryl/α,β-unsaturated/α-hetero) is 1. The molecule has 1 unspecified atom stereocenters. The highest BCUT2D eigenvalue weighted by molar-refractivity contribution is 6.07. The predicted octanol–water partition coefficient (Wildman–Crippen LogP) is 2.69. The van der Waals surface area contributed by atoms with Gasteiger partial charge in [0, 0.05) is 17.2 Å². The van der Waals surface area contributed by atoms with Gasteiger partial charge >= 0.3 is 5.97 Å². The Balaban J connectivity index is 2.21. The standard InChI is InChI=1S/C17H21NO4/c1-5-22-14(19)8-10(2)15(20)11-6-7-13-12(9-11)17(3,4)16(21)18-13/h6-7,9-10H,5,8H2,1-4H3,(H,18,21). The molecule has 118 valence electrons. The summed E-state index contributed by atoms with van der Waals surface area (Å²) in [5, 5.41) is 2.81. The Morgan fingerprint density at radius 3 is 2.64 bits per heavy atom. The highest BCUT2D eigenvalue weighted by Gasteiger charge is 2.38. The molecule has 1 N–H and O–H groups in total. The van der Waals surface area contributed by atoms with Crippen molar-refractivity contribution >= 4 is 23.3 Å². The molecule has 1 aromatic carbocycles. The molecule has 1 aromatic rings.